The second-order valence-corrected chi connectivity index (χ2v) is 4.31. The van der Waals surface area contributed by atoms with Crippen molar-refractivity contribution in [2.75, 3.05) is 20.0 Å². The van der Waals surface area contributed by atoms with Gasteiger partial charge in [0.05, 0.1) is 7.11 Å². The zero-order valence-corrected chi connectivity index (χ0v) is 10.4. The van der Waals surface area contributed by atoms with Gasteiger partial charge in [-0.1, -0.05) is 0 Å². The lowest BCUT2D eigenvalue weighted by Crippen LogP contribution is -1.95. The minimum absolute atomic E-state index is 0.240. The van der Waals surface area contributed by atoms with Crippen LogP contribution in [-0.2, 0) is 6.42 Å². The van der Waals surface area contributed by atoms with Crippen LogP contribution >= 0.6 is 11.8 Å². The molecule has 1 aromatic carbocycles. The second-order valence-electron chi connectivity index (χ2n) is 3.46. The molecule has 0 aromatic heterocycles. The molecule has 0 unspecified atom stereocenters. The van der Waals surface area contributed by atoms with E-state index in [4.69, 9.17) is 9.84 Å². The fourth-order valence-electron chi connectivity index (χ4n) is 1.58. The van der Waals surface area contributed by atoms with Crippen molar-refractivity contribution in [2.45, 2.75) is 24.7 Å². The van der Waals surface area contributed by atoms with Crippen molar-refractivity contribution in [3.63, 3.8) is 0 Å². The van der Waals surface area contributed by atoms with Gasteiger partial charge in [0.15, 0.2) is 0 Å². The van der Waals surface area contributed by atoms with Gasteiger partial charge < -0.3 is 9.84 Å². The van der Waals surface area contributed by atoms with Gasteiger partial charge in [-0.3, -0.25) is 0 Å². The van der Waals surface area contributed by atoms with E-state index in [0.29, 0.717) is 0 Å². The molecule has 0 heterocycles. The summed E-state index contributed by atoms with van der Waals surface area (Å²) in [5, 5.41) is 8.83. The Morgan fingerprint density at radius 3 is 2.67 bits per heavy atom. The molecule has 1 aromatic rings. The maximum absolute atomic E-state index is 8.83. The van der Waals surface area contributed by atoms with E-state index in [2.05, 4.69) is 18.4 Å². The highest BCUT2D eigenvalue weighted by Gasteiger charge is 2.06. The smallest absolute Gasteiger partial charge is 0.122 e. The Balaban J connectivity index is 2.99. The molecule has 2 nitrogen and oxygen atoms in total. The molecular weight excluding hydrogens is 208 g/mol. The molecule has 84 valence electrons. The van der Waals surface area contributed by atoms with Crippen LogP contribution in [-0.4, -0.2) is 25.1 Å². The van der Waals surface area contributed by atoms with Gasteiger partial charge in [-0.15, -0.1) is 11.8 Å². The number of benzene rings is 1. The highest BCUT2D eigenvalue weighted by atomic mass is 32.2. The molecule has 0 aliphatic heterocycles. The minimum atomic E-state index is 0.240. The number of methoxy groups -OCH3 is 1. The highest BCUT2D eigenvalue weighted by molar-refractivity contribution is 7.98. The highest BCUT2D eigenvalue weighted by Crippen LogP contribution is 2.29. The van der Waals surface area contributed by atoms with Crippen LogP contribution in [0.3, 0.4) is 0 Å². The third kappa shape index (κ3) is 3.14. The summed E-state index contributed by atoms with van der Waals surface area (Å²) in [5.41, 5.74) is 2.42. The van der Waals surface area contributed by atoms with E-state index in [1.54, 1.807) is 18.9 Å². The standard InChI is InChI=1S/C12H18O2S/c1-9-7-12(15-3)10(5-4-6-13)8-11(9)14-2/h7-8,13H,4-6H2,1-3H3. The lowest BCUT2D eigenvalue weighted by atomic mass is 10.1. The summed E-state index contributed by atoms with van der Waals surface area (Å²) in [6.07, 6.45) is 3.78. The van der Waals surface area contributed by atoms with Crippen LogP contribution in [0.2, 0.25) is 0 Å². The third-order valence-electron chi connectivity index (χ3n) is 2.40. The fourth-order valence-corrected chi connectivity index (χ4v) is 2.30. The zero-order chi connectivity index (χ0) is 11.3. The van der Waals surface area contributed by atoms with Crippen LogP contribution in [0, 0.1) is 6.92 Å². The molecule has 1 N–H and O–H groups in total. The number of aliphatic hydroxyl groups excluding tert-OH is 1. The van der Waals surface area contributed by atoms with Crippen molar-refractivity contribution in [3.8, 4) is 5.75 Å². The molecule has 0 aliphatic carbocycles. The molecule has 0 bridgehead atoms. The topological polar surface area (TPSA) is 29.5 Å². The molecule has 0 fully saturated rings. The van der Waals surface area contributed by atoms with E-state index < -0.39 is 0 Å². The summed E-state index contributed by atoms with van der Waals surface area (Å²) in [7, 11) is 1.69. The quantitative estimate of drug-likeness (QED) is 0.783. The van der Waals surface area contributed by atoms with Crippen LogP contribution in [0.1, 0.15) is 17.5 Å². The maximum atomic E-state index is 8.83. The Labute approximate surface area is 95.7 Å². The van der Waals surface area contributed by atoms with Crippen LogP contribution < -0.4 is 4.74 Å². The van der Waals surface area contributed by atoms with E-state index in [-0.39, 0.29) is 6.61 Å². The van der Waals surface area contributed by atoms with E-state index in [1.165, 1.54) is 10.5 Å². The summed E-state index contributed by atoms with van der Waals surface area (Å²) < 4.78 is 5.29. The van der Waals surface area contributed by atoms with E-state index in [1.807, 2.05) is 6.92 Å². The summed E-state index contributed by atoms with van der Waals surface area (Å²) >= 11 is 1.74. The molecule has 0 atom stereocenters. The first kappa shape index (κ1) is 12.4. The number of aryl methyl sites for hydroxylation is 2. The first-order valence-electron chi connectivity index (χ1n) is 5.05. The largest absolute Gasteiger partial charge is 0.496 e. The molecule has 0 aliphatic rings. The predicted octanol–water partition coefficient (Wildman–Crippen LogP) is 2.65. The van der Waals surface area contributed by atoms with Crippen LogP contribution in [0.5, 0.6) is 5.75 Å². The predicted molar refractivity (Wildman–Crippen MR) is 64.9 cm³/mol. The number of rotatable bonds is 5. The van der Waals surface area contributed by atoms with Crippen molar-refractivity contribution < 1.29 is 9.84 Å². The number of ether oxygens (including phenoxy) is 1. The molecule has 15 heavy (non-hydrogen) atoms. The van der Waals surface area contributed by atoms with Gasteiger partial charge >= 0.3 is 0 Å². The molecule has 0 amide bonds. The Kier molecular flexibility index (Phi) is 4.99. The third-order valence-corrected chi connectivity index (χ3v) is 3.22. The van der Waals surface area contributed by atoms with Crippen LogP contribution in [0.4, 0.5) is 0 Å². The Bertz CT molecular complexity index is 324. The van der Waals surface area contributed by atoms with Crippen molar-refractivity contribution in [3.05, 3.63) is 23.3 Å². The van der Waals surface area contributed by atoms with Gasteiger partial charge in [-0.05, 0) is 49.3 Å². The lowest BCUT2D eigenvalue weighted by Gasteiger charge is -2.12. The molecule has 0 saturated carbocycles. The molecule has 1 rings (SSSR count). The molecule has 0 radical (unpaired) electrons. The Morgan fingerprint density at radius 1 is 1.40 bits per heavy atom. The van der Waals surface area contributed by atoms with E-state index in [0.717, 1.165) is 24.2 Å². The van der Waals surface area contributed by atoms with Crippen molar-refractivity contribution in [2.24, 2.45) is 0 Å². The average molecular weight is 226 g/mol. The lowest BCUT2D eigenvalue weighted by molar-refractivity contribution is 0.288. The van der Waals surface area contributed by atoms with Crippen molar-refractivity contribution in [1.82, 2.24) is 0 Å². The zero-order valence-electron chi connectivity index (χ0n) is 9.54. The number of hydrogen-bond acceptors (Lipinski definition) is 3. The van der Waals surface area contributed by atoms with Crippen LogP contribution in [0.15, 0.2) is 17.0 Å². The first-order chi connectivity index (χ1) is 7.22. The summed E-state index contributed by atoms with van der Waals surface area (Å²) in [4.78, 5) is 1.28. The maximum Gasteiger partial charge on any atom is 0.122 e. The van der Waals surface area contributed by atoms with Gasteiger partial charge in [0.25, 0.3) is 0 Å². The van der Waals surface area contributed by atoms with Gasteiger partial charge in [-0.25, -0.2) is 0 Å². The molecular formula is C12H18O2S. The fraction of sp³-hybridized carbons (Fsp3) is 0.500. The molecule has 0 saturated heterocycles. The average Bonchev–Trinajstić information content (AvgIpc) is 2.26. The summed E-state index contributed by atoms with van der Waals surface area (Å²) in [6, 6.07) is 4.23. The first-order valence-corrected chi connectivity index (χ1v) is 6.27. The summed E-state index contributed by atoms with van der Waals surface area (Å²) in [5.74, 6) is 0.931. The van der Waals surface area contributed by atoms with Gasteiger partial charge in [-0.2, -0.15) is 0 Å². The summed E-state index contributed by atoms with van der Waals surface area (Å²) in [6.45, 7) is 2.29. The van der Waals surface area contributed by atoms with Crippen molar-refractivity contribution >= 4 is 11.8 Å². The minimum Gasteiger partial charge on any atom is -0.496 e. The second kappa shape index (κ2) is 6.03. The van der Waals surface area contributed by atoms with Gasteiger partial charge in [0.2, 0.25) is 0 Å². The van der Waals surface area contributed by atoms with Gasteiger partial charge in [0.1, 0.15) is 5.75 Å². The SMILES string of the molecule is COc1cc(CCCO)c(SC)cc1C. The Hall–Kier alpha value is -0.670. The normalized spacial score (nSPS) is 10.4. The monoisotopic (exact) mass is 226 g/mol. The van der Waals surface area contributed by atoms with Crippen molar-refractivity contribution in [1.29, 1.82) is 0 Å². The number of hydrogen-bond donors (Lipinski definition) is 1. The molecule has 3 heteroatoms. The number of thioether (sulfide) groups is 1. The van der Waals surface area contributed by atoms with E-state index >= 15 is 0 Å². The Morgan fingerprint density at radius 2 is 2.13 bits per heavy atom. The van der Waals surface area contributed by atoms with Gasteiger partial charge in [0, 0.05) is 11.5 Å². The number of aliphatic hydroxyl groups is 1. The molecule has 0 spiro atoms. The van der Waals surface area contributed by atoms with E-state index in [9.17, 15) is 0 Å². The van der Waals surface area contributed by atoms with Crippen LogP contribution in [0.25, 0.3) is 0 Å².